The molecule has 1 aliphatic heterocycles. The van der Waals surface area contributed by atoms with Crippen molar-refractivity contribution in [1.82, 2.24) is 4.90 Å². The van der Waals surface area contributed by atoms with Gasteiger partial charge in [0, 0.05) is 29.5 Å². The standard InChI is InChI=1S/C8H13NO3S/c1-2-13(12)6-8(11)9-5-3-4-7(9)10/h2-6H2,1H3. The predicted octanol–water partition coefficient (Wildman–Crippen LogP) is -0.0960. The van der Waals surface area contributed by atoms with Gasteiger partial charge in [-0.05, 0) is 6.42 Å². The van der Waals surface area contributed by atoms with Crippen molar-refractivity contribution in [2.45, 2.75) is 19.8 Å². The lowest BCUT2D eigenvalue weighted by Crippen LogP contribution is -2.35. The van der Waals surface area contributed by atoms with Crippen molar-refractivity contribution >= 4 is 22.6 Å². The number of amides is 2. The Labute approximate surface area is 79.7 Å². The summed E-state index contributed by atoms with van der Waals surface area (Å²) in [7, 11) is -1.11. The summed E-state index contributed by atoms with van der Waals surface area (Å²) in [5.41, 5.74) is 0. The Bertz CT molecular complexity index is 252. The minimum Gasteiger partial charge on any atom is -0.282 e. The molecule has 1 heterocycles. The highest BCUT2D eigenvalue weighted by atomic mass is 32.2. The van der Waals surface area contributed by atoms with Crippen molar-refractivity contribution in [2.75, 3.05) is 18.1 Å². The fraction of sp³-hybridized carbons (Fsp3) is 0.750. The second-order valence-electron chi connectivity index (χ2n) is 2.92. The molecule has 0 aliphatic carbocycles. The zero-order valence-electron chi connectivity index (χ0n) is 7.62. The predicted molar refractivity (Wildman–Crippen MR) is 49.5 cm³/mol. The zero-order valence-corrected chi connectivity index (χ0v) is 8.43. The van der Waals surface area contributed by atoms with Gasteiger partial charge >= 0.3 is 0 Å². The van der Waals surface area contributed by atoms with Gasteiger partial charge in [0.25, 0.3) is 0 Å². The third-order valence-electron chi connectivity index (χ3n) is 1.98. The molecule has 1 saturated heterocycles. The molecule has 0 radical (unpaired) electrons. The molecule has 0 N–H and O–H groups in total. The van der Waals surface area contributed by atoms with E-state index in [0.29, 0.717) is 18.7 Å². The Balaban J connectivity index is 2.47. The Morgan fingerprint density at radius 1 is 1.62 bits per heavy atom. The highest BCUT2D eigenvalue weighted by molar-refractivity contribution is 7.85. The SMILES string of the molecule is CCS(=O)CC(=O)N1CCCC1=O. The van der Waals surface area contributed by atoms with E-state index in [1.807, 2.05) is 0 Å². The van der Waals surface area contributed by atoms with Crippen molar-refractivity contribution < 1.29 is 13.8 Å². The van der Waals surface area contributed by atoms with Gasteiger partial charge in [0.1, 0.15) is 5.75 Å². The third kappa shape index (κ3) is 2.62. The number of hydrogen-bond acceptors (Lipinski definition) is 3. The highest BCUT2D eigenvalue weighted by Gasteiger charge is 2.26. The van der Waals surface area contributed by atoms with E-state index in [9.17, 15) is 13.8 Å². The molecule has 13 heavy (non-hydrogen) atoms. The maximum absolute atomic E-state index is 11.3. The van der Waals surface area contributed by atoms with Gasteiger partial charge in [0.05, 0.1) is 0 Å². The number of carbonyl (C=O) groups is 2. The Morgan fingerprint density at radius 3 is 2.77 bits per heavy atom. The summed E-state index contributed by atoms with van der Waals surface area (Å²) in [5, 5.41) is 0. The van der Waals surface area contributed by atoms with Crippen molar-refractivity contribution in [3.8, 4) is 0 Å². The fourth-order valence-electron chi connectivity index (χ4n) is 1.23. The average molecular weight is 203 g/mol. The van der Waals surface area contributed by atoms with Crippen LogP contribution in [-0.4, -0.2) is 39.0 Å². The van der Waals surface area contributed by atoms with Crippen LogP contribution in [0, 0.1) is 0 Å². The van der Waals surface area contributed by atoms with E-state index in [1.165, 1.54) is 4.90 Å². The molecule has 1 aliphatic rings. The molecule has 0 saturated carbocycles. The van der Waals surface area contributed by atoms with Crippen LogP contribution in [0.1, 0.15) is 19.8 Å². The third-order valence-corrected chi connectivity index (χ3v) is 3.19. The number of hydrogen-bond donors (Lipinski definition) is 0. The molecule has 1 unspecified atom stereocenters. The number of rotatable bonds is 3. The van der Waals surface area contributed by atoms with E-state index in [1.54, 1.807) is 6.92 Å². The summed E-state index contributed by atoms with van der Waals surface area (Å²) in [6.07, 6.45) is 1.19. The molecule has 0 spiro atoms. The molecule has 2 amide bonds. The van der Waals surface area contributed by atoms with E-state index in [4.69, 9.17) is 0 Å². The summed E-state index contributed by atoms with van der Waals surface area (Å²) in [6, 6.07) is 0. The van der Waals surface area contributed by atoms with Crippen molar-refractivity contribution in [2.24, 2.45) is 0 Å². The van der Waals surface area contributed by atoms with Crippen LogP contribution in [0.15, 0.2) is 0 Å². The minimum atomic E-state index is -1.11. The fourth-order valence-corrected chi connectivity index (χ4v) is 1.86. The first-order chi connectivity index (χ1) is 6.15. The molecule has 0 bridgehead atoms. The smallest absolute Gasteiger partial charge is 0.241 e. The molecule has 0 aromatic rings. The van der Waals surface area contributed by atoms with Crippen LogP contribution in [-0.2, 0) is 20.4 Å². The molecule has 1 atom stereocenters. The van der Waals surface area contributed by atoms with Crippen LogP contribution in [0.3, 0.4) is 0 Å². The van der Waals surface area contributed by atoms with Crippen LogP contribution >= 0.6 is 0 Å². The van der Waals surface area contributed by atoms with Gasteiger partial charge in [0.15, 0.2) is 0 Å². The Hall–Kier alpha value is -0.710. The number of likely N-dealkylation sites (tertiary alicyclic amines) is 1. The van der Waals surface area contributed by atoms with E-state index < -0.39 is 10.8 Å². The van der Waals surface area contributed by atoms with E-state index in [2.05, 4.69) is 0 Å². The van der Waals surface area contributed by atoms with Gasteiger partial charge in [0.2, 0.25) is 11.8 Å². The molecule has 0 aromatic heterocycles. The average Bonchev–Trinajstić information content (AvgIpc) is 2.51. The molecule has 0 aromatic carbocycles. The molecule has 1 fully saturated rings. The van der Waals surface area contributed by atoms with Crippen molar-refractivity contribution in [1.29, 1.82) is 0 Å². The maximum atomic E-state index is 11.3. The highest BCUT2D eigenvalue weighted by Crippen LogP contribution is 2.09. The van der Waals surface area contributed by atoms with E-state index in [-0.39, 0.29) is 17.6 Å². The largest absolute Gasteiger partial charge is 0.282 e. The number of imide groups is 1. The first kappa shape index (κ1) is 10.4. The van der Waals surface area contributed by atoms with Gasteiger partial charge in [-0.1, -0.05) is 6.92 Å². The Morgan fingerprint density at radius 2 is 2.31 bits per heavy atom. The van der Waals surface area contributed by atoms with Crippen LogP contribution in [0.25, 0.3) is 0 Å². The summed E-state index contributed by atoms with van der Waals surface area (Å²) in [6.45, 7) is 2.26. The summed E-state index contributed by atoms with van der Waals surface area (Å²) in [5.74, 6) is 0.0384. The molecular formula is C8H13NO3S. The number of carbonyl (C=O) groups excluding carboxylic acids is 2. The second-order valence-corrected chi connectivity index (χ2v) is 4.66. The quantitative estimate of drug-likeness (QED) is 0.644. The van der Waals surface area contributed by atoms with Gasteiger partial charge in [-0.15, -0.1) is 0 Å². The summed E-state index contributed by atoms with van der Waals surface area (Å²) < 4.78 is 11.0. The van der Waals surface area contributed by atoms with Gasteiger partial charge in [-0.25, -0.2) is 0 Å². The first-order valence-corrected chi connectivity index (χ1v) is 5.82. The van der Waals surface area contributed by atoms with Crippen LogP contribution in [0.4, 0.5) is 0 Å². The van der Waals surface area contributed by atoms with Gasteiger partial charge in [-0.2, -0.15) is 0 Å². The van der Waals surface area contributed by atoms with Crippen molar-refractivity contribution in [3.63, 3.8) is 0 Å². The molecule has 74 valence electrons. The lowest BCUT2D eigenvalue weighted by Gasteiger charge is -2.12. The summed E-state index contributed by atoms with van der Waals surface area (Å²) >= 11 is 0. The van der Waals surface area contributed by atoms with E-state index >= 15 is 0 Å². The lowest BCUT2D eigenvalue weighted by atomic mass is 10.4. The van der Waals surface area contributed by atoms with Gasteiger partial charge in [-0.3, -0.25) is 18.7 Å². The molecule has 5 heteroatoms. The van der Waals surface area contributed by atoms with Crippen molar-refractivity contribution in [3.05, 3.63) is 0 Å². The first-order valence-electron chi connectivity index (χ1n) is 4.33. The molecule has 1 rings (SSSR count). The van der Waals surface area contributed by atoms with Crippen LogP contribution < -0.4 is 0 Å². The topological polar surface area (TPSA) is 54.5 Å². The minimum absolute atomic E-state index is 0.0117. The lowest BCUT2D eigenvalue weighted by molar-refractivity contribution is -0.140. The molecular weight excluding hydrogens is 190 g/mol. The second kappa shape index (κ2) is 4.50. The monoisotopic (exact) mass is 203 g/mol. The normalized spacial score (nSPS) is 19.2. The summed E-state index contributed by atoms with van der Waals surface area (Å²) in [4.78, 5) is 23.6. The van der Waals surface area contributed by atoms with Gasteiger partial charge < -0.3 is 0 Å². The maximum Gasteiger partial charge on any atom is 0.241 e. The van der Waals surface area contributed by atoms with Crippen LogP contribution in [0.5, 0.6) is 0 Å². The molecule has 4 nitrogen and oxygen atoms in total. The van der Waals surface area contributed by atoms with E-state index in [0.717, 1.165) is 6.42 Å². The van der Waals surface area contributed by atoms with Crippen LogP contribution in [0.2, 0.25) is 0 Å². The zero-order chi connectivity index (χ0) is 9.84. The Kier molecular flexibility index (Phi) is 3.59. The number of nitrogens with zero attached hydrogens (tertiary/aromatic N) is 1.